The van der Waals surface area contributed by atoms with Crippen LogP contribution in [0.15, 0.2) is 23.1 Å². The number of aliphatic carboxylic acids is 1. The maximum absolute atomic E-state index is 12.7. The molecule has 0 radical (unpaired) electrons. The second-order valence-electron chi connectivity index (χ2n) is 5.71. The Labute approximate surface area is 128 Å². The van der Waals surface area contributed by atoms with Gasteiger partial charge in [-0.15, -0.1) is 0 Å². The van der Waals surface area contributed by atoms with Gasteiger partial charge < -0.3 is 5.11 Å². The van der Waals surface area contributed by atoms with Crippen LogP contribution in [-0.4, -0.2) is 42.2 Å². The molecule has 0 bridgehead atoms. The lowest BCUT2D eigenvalue weighted by Gasteiger charge is -2.22. The molecule has 1 fully saturated rings. The highest BCUT2D eigenvalue weighted by Crippen LogP contribution is 2.29. The summed E-state index contributed by atoms with van der Waals surface area (Å²) in [6, 6.07) is 3.54. The molecule has 1 aliphatic heterocycles. The Hall–Kier alpha value is -1.73. The van der Waals surface area contributed by atoms with E-state index in [1.165, 1.54) is 12.1 Å². The Morgan fingerprint density at radius 3 is 2.73 bits per heavy atom. The first-order valence-electron chi connectivity index (χ1n) is 7.32. The van der Waals surface area contributed by atoms with Crippen molar-refractivity contribution in [3.05, 3.63) is 29.3 Å². The van der Waals surface area contributed by atoms with E-state index in [4.69, 9.17) is 5.11 Å². The molecule has 22 heavy (non-hydrogen) atoms. The summed E-state index contributed by atoms with van der Waals surface area (Å²) in [5.74, 6) is -1.18. The van der Waals surface area contributed by atoms with Gasteiger partial charge >= 0.3 is 5.97 Å². The van der Waals surface area contributed by atoms with E-state index in [0.29, 0.717) is 24.8 Å². The number of hydrogen-bond acceptors (Lipinski definition) is 4. The lowest BCUT2D eigenvalue weighted by molar-refractivity contribution is -0.140. The third-order valence-corrected chi connectivity index (χ3v) is 6.23. The first kappa shape index (κ1) is 15.2. The second-order valence-corrected chi connectivity index (χ2v) is 7.60. The maximum Gasteiger partial charge on any atom is 0.322 e. The highest BCUT2D eigenvalue weighted by Gasteiger charge is 2.39. The minimum absolute atomic E-state index is 0.00894. The molecular weight excluding hydrogens is 306 g/mol. The van der Waals surface area contributed by atoms with Gasteiger partial charge in [-0.05, 0) is 43.4 Å². The van der Waals surface area contributed by atoms with E-state index in [9.17, 15) is 18.0 Å². The Balaban J connectivity index is 2.01. The number of aryl methyl sites for hydroxylation is 1. The molecule has 0 aromatic heterocycles. The van der Waals surface area contributed by atoms with Gasteiger partial charge in [0.25, 0.3) is 0 Å². The van der Waals surface area contributed by atoms with E-state index >= 15 is 0 Å². The Bertz CT molecular complexity index is 740. The van der Waals surface area contributed by atoms with E-state index in [0.717, 1.165) is 22.7 Å². The molecule has 3 rings (SSSR count). The van der Waals surface area contributed by atoms with Crippen LogP contribution < -0.4 is 0 Å². The number of benzene rings is 1. The number of carbonyl (C=O) groups is 2. The van der Waals surface area contributed by atoms with Crippen molar-refractivity contribution in [2.24, 2.45) is 0 Å². The van der Waals surface area contributed by atoms with Gasteiger partial charge in [0.1, 0.15) is 6.04 Å². The molecule has 0 saturated carbocycles. The molecule has 1 saturated heterocycles. The number of fused-ring (bicyclic) bond motifs is 1. The minimum Gasteiger partial charge on any atom is -0.480 e. The number of carboxylic acids is 1. The zero-order chi connectivity index (χ0) is 15.9. The number of ketones is 1. The van der Waals surface area contributed by atoms with Crippen LogP contribution in [-0.2, 0) is 21.2 Å². The van der Waals surface area contributed by atoms with Gasteiger partial charge in [-0.25, -0.2) is 8.42 Å². The fourth-order valence-electron chi connectivity index (χ4n) is 3.18. The Kier molecular flexibility index (Phi) is 3.78. The molecule has 0 amide bonds. The van der Waals surface area contributed by atoms with Crippen LogP contribution in [0.2, 0.25) is 0 Å². The third kappa shape index (κ3) is 2.44. The van der Waals surface area contributed by atoms with Crippen LogP contribution in [0.4, 0.5) is 0 Å². The Morgan fingerprint density at radius 2 is 2.00 bits per heavy atom. The molecule has 2 aliphatic rings. The van der Waals surface area contributed by atoms with Gasteiger partial charge in [0, 0.05) is 18.5 Å². The lowest BCUT2D eigenvalue weighted by atomic mass is 9.91. The van der Waals surface area contributed by atoms with Gasteiger partial charge in [0.2, 0.25) is 10.0 Å². The lowest BCUT2D eigenvalue weighted by Crippen LogP contribution is -2.40. The SMILES string of the molecule is O=C1CCCc2ccc(S(=O)(=O)N3CCC[C@H]3C(=O)O)cc21. The standard InChI is InChI=1S/C15H17NO5S/c17-14-5-1-3-10-6-7-11(9-12(10)14)22(20,21)16-8-2-4-13(16)15(18)19/h6-7,9,13H,1-5,8H2,(H,18,19)/t13-/m0/s1. The van der Waals surface area contributed by atoms with Crippen LogP contribution >= 0.6 is 0 Å². The number of hydrogen-bond donors (Lipinski definition) is 1. The van der Waals surface area contributed by atoms with Gasteiger partial charge in [-0.2, -0.15) is 4.31 Å². The largest absolute Gasteiger partial charge is 0.480 e. The topological polar surface area (TPSA) is 91.8 Å². The van der Waals surface area contributed by atoms with Crippen molar-refractivity contribution in [3.63, 3.8) is 0 Å². The highest BCUT2D eigenvalue weighted by atomic mass is 32.2. The smallest absolute Gasteiger partial charge is 0.322 e. The fraction of sp³-hybridized carbons (Fsp3) is 0.467. The molecule has 6 nitrogen and oxygen atoms in total. The van der Waals surface area contributed by atoms with Crippen molar-refractivity contribution in [1.29, 1.82) is 0 Å². The van der Waals surface area contributed by atoms with Crippen molar-refractivity contribution < 1.29 is 23.1 Å². The van der Waals surface area contributed by atoms with Crippen molar-refractivity contribution in [2.45, 2.75) is 43.0 Å². The summed E-state index contributed by atoms with van der Waals surface area (Å²) in [5.41, 5.74) is 1.32. The monoisotopic (exact) mass is 323 g/mol. The third-order valence-electron chi connectivity index (χ3n) is 4.33. The van der Waals surface area contributed by atoms with Crippen LogP contribution in [0.5, 0.6) is 0 Å². The number of sulfonamides is 1. The van der Waals surface area contributed by atoms with Crippen molar-refractivity contribution in [1.82, 2.24) is 4.31 Å². The molecule has 1 aromatic rings. The number of nitrogens with zero attached hydrogens (tertiary/aromatic N) is 1. The maximum atomic E-state index is 12.7. The molecule has 0 spiro atoms. The van der Waals surface area contributed by atoms with E-state index in [-0.39, 0.29) is 17.2 Å². The molecule has 118 valence electrons. The summed E-state index contributed by atoms with van der Waals surface area (Å²) in [6.45, 7) is 0.199. The summed E-state index contributed by atoms with van der Waals surface area (Å²) < 4.78 is 26.4. The molecule has 1 aliphatic carbocycles. The van der Waals surface area contributed by atoms with Crippen LogP contribution in [0.1, 0.15) is 41.6 Å². The average Bonchev–Trinajstić information content (AvgIpc) is 2.98. The predicted octanol–water partition coefficient (Wildman–Crippen LogP) is 1.44. The number of carboxylic acid groups (broad SMARTS) is 1. The van der Waals surface area contributed by atoms with Crippen LogP contribution in [0.25, 0.3) is 0 Å². The zero-order valence-corrected chi connectivity index (χ0v) is 12.8. The fourth-order valence-corrected chi connectivity index (χ4v) is 4.86. The highest BCUT2D eigenvalue weighted by molar-refractivity contribution is 7.89. The molecule has 1 N–H and O–H groups in total. The van der Waals surface area contributed by atoms with Gasteiger partial charge in [0.15, 0.2) is 5.78 Å². The zero-order valence-electron chi connectivity index (χ0n) is 12.0. The summed E-state index contributed by atoms with van der Waals surface area (Å²) in [6.07, 6.45) is 2.82. The molecule has 1 aromatic carbocycles. The minimum atomic E-state index is -3.89. The van der Waals surface area contributed by atoms with Crippen molar-refractivity contribution >= 4 is 21.8 Å². The van der Waals surface area contributed by atoms with Crippen LogP contribution in [0, 0.1) is 0 Å². The summed E-state index contributed by atoms with van der Waals surface area (Å²) in [4.78, 5) is 23.2. The Morgan fingerprint density at radius 1 is 1.23 bits per heavy atom. The van der Waals surface area contributed by atoms with Gasteiger partial charge in [0.05, 0.1) is 4.90 Å². The molecule has 1 heterocycles. The second kappa shape index (κ2) is 5.48. The summed E-state index contributed by atoms with van der Waals surface area (Å²) >= 11 is 0. The average molecular weight is 323 g/mol. The van der Waals surface area contributed by atoms with Gasteiger partial charge in [-0.3, -0.25) is 9.59 Å². The van der Waals surface area contributed by atoms with Gasteiger partial charge in [-0.1, -0.05) is 6.07 Å². The number of carbonyl (C=O) groups excluding carboxylic acids is 1. The summed E-state index contributed by atoms with van der Waals surface area (Å²) in [7, 11) is -3.89. The molecule has 1 atom stereocenters. The van der Waals surface area contributed by atoms with E-state index in [1.54, 1.807) is 6.07 Å². The van der Waals surface area contributed by atoms with Crippen LogP contribution in [0.3, 0.4) is 0 Å². The molecular formula is C15H17NO5S. The first-order valence-corrected chi connectivity index (χ1v) is 8.76. The normalized spacial score (nSPS) is 22.5. The molecule has 0 unspecified atom stereocenters. The number of Topliss-reactive ketones (excluding diaryl/α,β-unsaturated/α-hetero) is 1. The van der Waals surface area contributed by atoms with Crippen molar-refractivity contribution in [3.8, 4) is 0 Å². The summed E-state index contributed by atoms with van der Waals surface area (Å²) in [5, 5.41) is 9.17. The number of rotatable bonds is 3. The predicted molar refractivity (Wildman–Crippen MR) is 78.3 cm³/mol. The van der Waals surface area contributed by atoms with E-state index in [1.807, 2.05) is 0 Å². The first-order chi connectivity index (χ1) is 10.4. The van der Waals surface area contributed by atoms with Crippen molar-refractivity contribution in [2.75, 3.05) is 6.54 Å². The van der Waals surface area contributed by atoms with E-state index < -0.39 is 22.0 Å². The van der Waals surface area contributed by atoms with E-state index in [2.05, 4.69) is 0 Å². The molecule has 7 heteroatoms. The quantitative estimate of drug-likeness (QED) is 0.909.